The summed E-state index contributed by atoms with van der Waals surface area (Å²) in [6.07, 6.45) is 2.66. The van der Waals surface area contributed by atoms with E-state index < -0.39 is 0 Å². The predicted molar refractivity (Wildman–Crippen MR) is 99.7 cm³/mol. The first-order valence-corrected chi connectivity index (χ1v) is 8.64. The fourth-order valence-corrected chi connectivity index (χ4v) is 3.22. The number of amides is 1. The maximum absolute atomic E-state index is 12.5. The molecule has 4 rings (SSSR count). The monoisotopic (exact) mass is 378 g/mol. The fourth-order valence-electron chi connectivity index (χ4n) is 3.22. The maximum Gasteiger partial charge on any atom is 0.272 e. The third-order valence-electron chi connectivity index (χ3n) is 4.62. The third kappa shape index (κ3) is 3.98. The Hall–Kier alpha value is -2.16. The number of halogens is 1. The van der Waals surface area contributed by atoms with Gasteiger partial charge in [0.25, 0.3) is 5.91 Å². The Kier molecular flexibility index (Phi) is 6.08. The van der Waals surface area contributed by atoms with E-state index in [1.807, 2.05) is 12.1 Å². The molecule has 2 aromatic heterocycles. The van der Waals surface area contributed by atoms with Crippen LogP contribution in [0.5, 0.6) is 0 Å². The molecule has 0 aromatic carbocycles. The van der Waals surface area contributed by atoms with E-state index in [2.05, 4.69) is 30.7 Å². The van der Waals surface area contributed by atoms with Gasteiger partial charge in [-0.3, -0.25) is 9.89 Å². The number of carbonyl (C=O) groups excluding carboxylic acids is 1. The van der Waals surface area contributed by atoms with Crippen LogP contribution in [0.15, 0.2) is 18.3 Å². The van der Waals surface area contributed by atoms with Crippen LogP contribution in [0.1, 0.15) is 27.3 Å². The van der Waals surface area contributed by atoms with Crippen LogP contribution in [-0.4, -0.2) is 53.9 Å². The van der Waals surface area contributed by atoms with Crippen LogP contribution in [0, 0.1) is 0 Å². The number of H-pyrrole nitrogens is 1. The van der Waals surface area contributed by atoms with E-state index in [1.54, 1.807) is 6.20 Å². The molecule has 2 aromatic rings. The molecule has 4 heterocycles. The minimum Gasteiger partial charge on any atom is -0.378 e. The Morgan fingerprint density at radius 3 is 3.04 bits per heavy atom. The highest BCUT2D eigenvalue weighted by molar-refractivity contribution is 5.94. The molecule has 2 aliphatic rings. The second-order valence-electron chi connectivity index (χ2n) is 6.26. The average molecular weight is 379 g/mol. The van der Waals surface area contributed by atoms with E-state index in [0.29, 0.717) is 18.8 Å². The van der Waals surface area contributed by atoms with Gasteiger partial charge in [-0.05, 0) is 17.7 Å². The van der Waals surface area contributed by atoms with Gasteiger partial charge in [-0.15, -0.1) is 12.4 Å². The smallest absolute Gasteiger partial charge is 0.272 e. The van der Waals surface area contributed by atoms with Crippen LogP contribution < -0.4 is 15.5 Å². The second kappa shape index (κ2) is 8.48. The van der Waals surface area contributed by atoms with Crippen molar-refractivity contribution in [1.82, 2.24) is 25.8 Å². The van der Waals surface area contributed by atoms with Crippen molar-refractivity contribution in [3.8, 4) is 0 Å². The number of aromatic nitrogens is 3. The van der Waals surface area contributed by atoms with E-state index in [1.165, 1.54) is 0 Å². The summed E-state index contributed by atoms with van der Waals surface area (Å²) in [5.74, 6) is 0.780. The summed E-state index contributed by atoms with van der Waals surface area (Å²) in [6, 6.07) is 3.94. The second-order valence-corrected chi connectivity index (χ2v) is 6.26. The summed E-state index contributed by atoms with van der Waals surface area (Å²) < 4.78 is 5.38. The van der Waals surface area contributed by atoms with Crippen LogP contribution in [0.2, 0.25) is 0 Å². The van der Waals surface area contributed by atoms with E-state index in [-0.39, 0.29) is 18.3 Å². The molecule has 140 valence electrons. The molecule has 9 heteroatoms. The van der Waals surface area contributed by atoms with Crippen molar-refractivity contribution >= 4 is 24.1 Å². The van der Waals surface area contributed by atoms with Crippen molar-refractivity contribution in [2.24, 2.45) is 0 Å². The van der Waals surface area contributed by atoms with Crippen LogP contribution in [0.3, 0.4) is 0 Å². The maximum atomic E-state index is 12.5. The Morgan fingerprint density at radius 2 is 2.19 bits per heavy atom. The number of carbonyl (C=O) groups is 1. The summed E-state index contributed by atoms with van der Waals surface area (Å²) in [4.78, 5) is 19.1. The van der Waals surface area contributed by atoms with Crippen molar-refractivity contribution in [2.75, 3.05) is 37.7 Å². The highest BCUT2D eigenvalue weighted by Gasteiger charge is 2.21. The lowest BCUT2D eigenvalue weighted by atomic mass is 10.1. The standard InChI is InChI=1S/C17H22N6O2.ClH/c24-17(16-13-11-18-3-2-14(13)21-22-16)20-10-12-1-4-19-15(9-12)23-5-7-25-8-6-23;/h1,4,9,18H,2-3,5-8,10-11H2,(H,20,24)(H,21,22);1H. The van der Waals surface area contributed by atoms with Gasteiger partial charge in [-0.25, -0.2) is 4.98 Å². The minimum absolute atomic E-state index is 0. The molecule has 26 heavy (non-hydrogen) atoms. The molecule has 0 atom stereocenters. The van der Waals surface area contributed by atoms with Gasteiger partial charge in [0.1, 0.15) is 5.82 Å². The van der Waals surface area contributed by atoms with Crippen LogP contribution in [-0.2, 0) is 24.2 Å². The first-order valence-electron chi connectivity index (χ1n) is 8.64. The first kappa shape index (κ1) is 18.6. The van der Waals surface area contributed by atoms with Crippen molar-refractivity contribution in [3.05, 3.63) is 40.8 Å². The number of morpholine rings is 1. The molecule has 0 aliphatic carbocycles. The van der Waals surface area contributed by atoms with Gasteiger partial charge >= 0.3 is 0 Å². The van der Waals surface area contributed by atoms with Crippen LogP contribution >= 0.6 is 12.4 Å². The highest BCUT2D eigenvalue weighted by atomic mass is 35.5. The van der Waals surface area contributed by atoms with Gasteiger partial charge in [0, 0.05) is 56.6 Å². The Balaban J connectivity index is 0.00000196. The molecule has 3 N–H and O–H groups in total. The molecule has 0 bridgehead atoms. The molecule has 8 nitrogen and oxygen atoms in total. The van der Waals surface area contributed by atoms with E-state index in [9.17, 15) is 4.79 Å². The summed E-state index contributed by atoms with van der Waals surface area (Å²) in [7, 11) is 0. The molecule has 0 unspecified atom stereocenters. The number of fused-ring (bicyclic) bond motifs is 1. The molecular weight excluding hydrogens is 356 g/mol. The predicted octanol–water partition coefficient (Wildman–Crippen LogP) is 0.639. The first-order chi connectivity index (χ1) is 12.3. The SMILES string of the molecule is Cl.O=C(NCc1ccnc(N2CCOCC2)c1)c1n[nH]c2c1CNCC2. The molecule has 0 spiro atoms. The number of nitrogens with zero attached hydrogens (tertiary/aromatic N) is 3. The quantitative estimate of drug-likeness (QED) is 0.722. The molecule has 1 saturated heterocycles. The third-order valence-corrected chi connectivity index (χ3v) is 4.62. The van der Waals surface area contributed by atoms with Crippen LogP contribution in [0.4, 0.5) is 5.82 Å². The van der Waals surface area contributed by atoms with Gasteiger partial charge in [0.05, 0.1) is 13.2 Å². The van der Waals surface area contributed by atoms with Crippen molar-refractivity contribution < 1.29 is 9.53 Å². The lowest BCUT2D eigenvalue weighted by Gasteiger charge is -2.28. The van der Waals surface area contributed by atoms with Gasteiger partial charge < -0.3 is 20.3 Å². The minimum atomic E-state index is -0.147. The number of anilines is 1. The van der Waals surface area contributed by atoms with Crippen molar-refractivity contribution in [1.29, 1.82) is 0 Å². The summed E-state index contributed by atoms with van der Waals surface area (Å²) >= 11 is 0. The lowest BCUT2D eigenvalue weighted by Crippen LogP contribution is -2.36. The number of hydrogen-bond acceptors (Lipinski definition) is 6. The summed E-state index contributed by atoms with van der Waals surface area (Å²) in [5.41, 5.74) is 3.55. The zero-order chi connectivity index (χ0) is 17.1. The van der Waals surface area contributed by atoms with Crippen molar-refractivity contribution in [3.63, 3.8) is 0 Å². The number of ether oxygens (including phenoxy) is 1. The van der Waals surface area contributed by atoms with Gasteiger partial charge in [-0.1, -0.05) is 0 Å². The molecule has 0 saturated carbocycles. The topological polar surface area (TPSA) is 95.2 Å². The average Bonchev–Trinajstić information content (AvgIpc) is 3.11. The zero-order valence-electron chi connectivity index (χ0n) is 14.5. The normalized spacial score (nSPS) is 16.5. The molecule has 2 aliphatic heterocycles. The number of pyridine rings is 1. The molecule has 0 radical (unpaired) electrons. The summed E-state index contributed by atoms with van der Waals surface area (Å²) in [6.45, 7) is 5.18. The Labute approximate surface area is 158 Å². The Bertz CT molecular complexity index is 759. The number of nitrogens with one attached hydrogen (secondary N) is 3. The van der Waals surface area contributed by atoms with E-state index >= 15 is 0 Å². The number of rotatable bonds is 4. The number of hydrogen-bond donors (Lipinski definition) is 3. The van der Waals surface area contributed by atoms with Crippen molar-refractivity contribution in [2.45, 2.75) is 19.5 Å². The lowest BCUT2D eigenvalue weighted by molar-refractivity contribution is 0.0944. The van der Waals surface area contributed by atoms with Crippen LogP contribution in [0.25, 0.3) is 0 Å². The Morgan fingerprint density at radius 1 is 1.35 bits per heavy atom. The van der Waals surface area contributed by atoms with Gasteiger partial charge in [0.15, 0.2) is 5.69 Å². The number of aromatic amines is 1. The summed E-state index contributed by atoms with van der Waals surface area (Å²) in [5, 5.41) is 13.4. The van der Waals surface area contributed by atoms with E-state index in [0.717, 1.165) is 61.9 Å². The van der Waals surface area contributed by atoms with E-state index in [4.69, 9.17) is 4.74 Å². The fraction of sp³-hybridized carbons (Fsp3) is 0.471. The highest BCUT2D eigenvalue weighted by Crippen LogP contribution is 2.16. The zero-order valence-corrected chi connectivity index (χ0v) is 15.3. The molecule has 1 amide bonds. The molecular formula is C17H23ClN6O2. The van der Waals surface area contributed by atoms with Gasteiger partial charge in [-0.2, -0.15) is 5.10 Å². The van der Waals surface area contributed by atoms with Gasteiger partial charge in [0.2, 0.25) is 0 Å². The molecule has 1 fully saturated rings. The largest absolute Gasteiger partial charge is 0.378 e.